The lowest BCUT2D eigenvalue weighted by molar-refractivity contribution is -0.138. The van der Waals surface area contributed by atoms with Gasteiger partial charge in [0.1, 0.15) is 6.04 Å². The van der Waals surface area contributed by atoms with Gasteiger partial charge in [0.2, 0.25) is 0 Å². The zero-order chi connectivity index (χ0) is 9.19. The standard InChI is InChI=1S/C9H17NO2/c1-9(5-6-9)4-2-3-7(10)8(11)12/h7H,2-6,10H2,1H3,(H,11,12)/t7-/m0/s1. The first-order chi connectivity index (χ1) is 5.53. The van der Waals surface area contributed by atoms with Crippen LogP contribution in [0.1, 0.15) is 39.0 Å². The molecular formula is C9H17NO2. The summed E-state index contributed by atoms with van der Waals surface area (Å²) in [5.74, 6) is -0.879. The molecule has 0 aliphatic heterocycles. The molecule has 0 radical (unpaired) electrons. The molecule has 0 aromatic rings. The maximum atomic E-state index is 10.3. The summed E-state index contributed by atoms with van der Waals surface area (Å²) in [6.45, 7) is 2.25. The first-order valence-electron chi connectivity index (χ1n) is 4.52. The fraction of sp³-hybridized carbons (Fsp3) is 0.889. The molecule has 1 saturated carbocycles. The van der Waals surface area contributed by atoms with Crippen LogP contribution in [0.15, 0.2) is 0 Å². The largest absolute Gasteiger partial charge is 0.480 e. The highest BCUT2D eigenvalue weighted by molar-refractivity contribution is 5.72. The van der Waals surface area contributed by atoms with Gasteiger partial charge in [0.25, 0.3) is 0 Å². The van der Waals surface area contributed by atoms with Crippen LogP contribution in [0.3, 0.4) is 0 Å². The smallest absolute Gasteiger partial charge is 0.320 e. The fourth-order valence-corrected chi connectivity index (χ4v) is 1.34. The molecule has 1 aliphatic rings. The molecule has 12 heavy (non-hydrogen) atoms. The minimum atomic E-state index is -0.879. The maximum absolute atomic E-state index is 10.3. The SMILES string of the molecule is CC1(CCC[C@H](N)C(=O)O)CC1. The van der Waals surface area contributed by atoms with Gasteiger partial charge in [0, 0.05) is 0 Å². The Balaban J connectivity index is 2.05. The third-order valence-electron chi connectivity index (χ3n) is 2.72. The second-order valence-corrected chi connectivity index (χ2v) is 4.15. The molecule has 3 N–H and O–H groups in total. The Hall–Kier alpha value is -0.570. The molecule has 70 valence electrons. The minimum absolute atomic E-state index is 0.526. The summed E-state index contributed by atoms with van der Waals surface area (Å²) < 4.78 is 0. The summed E-state index contributed by atoms with van der Waals surface area (Å²) in [5, 5.41) is 8.50. The zero-order valence-corrected chi connectivity index (χ0v) is 7.55. The number of aliphatic carboxylic acids is 1. The molecule has 0 bridgehead atoms. The first-order valence-corrected chi connectivity index (χ1v) is 4.52. The topological polar surface area (TPSA) is 63.3 Å². The highest BCUT2D eigenvalue weighted by Crippen LogP contribution is 2.49. The number of nitrogens with two attached hydrogens (primary N) is 1. The molecule has 1 aliphatic carbocycles. The molecule has 0 unspecified atom stereocenters. The summed E-state index contributed by atoms with van der Waals surface area (Å²) >= 11 is 0. The van der Waals surface area contributed by atoms with Gasteiger partial charge in [-0.2, -0.15) is 0 Å². The van der Waals surface area contributed by atoms with Gasteiger partial charge in [-0.05, 0) is 31.1 Å². The number of carbonyl (C=O) groups is 1. The van der Waals surface area contributed by atoms with E-state index in [-0.39, 0.29) is 0 Å². The van der Waals surface area contributed by atoms with Crippen LogP contribution in [-0.2, 0) is 4.79 Å². The van der Waals surface area contributed by atoms with Crippen molar-refractivity contribution in [3.8, 4) is 0 Å². The molecule has 1 fully saturated rings. The second kappa shape index (κ2) is 3.44. The minimum Gasteiger partial charge on any atom is -0.480 e. The van der Waals surface area contributed by atoms with Crippen LogP contribution in [0.25, 0.3) is 0 Å². The lowest BCUT2D eigenvalue weighted by Crippen LogP contribution is -2.29. The average molecular weight is 171 g/mol. The molecular weight excluding hydrogens is 154 g/mol. The van der Waals surface area contributed by atoms with Gasteiger partial charge < -0.3 is 10.8 Å². The Morgan fingerprint density at radius 1 is 1.67 bits per heavy atom. The monoisotopic (exact) mass is 171 g/mol. The van der Waals surface area contributed by atoms with E-state index in [1.807, 2.05) is 0 Å². The number of hydrogen-bond acceptors (Lipinski definition) is 2. The molecule has 0 heterocycles. The first kappa shape index (κ1) is 9.52. The van der Waals surface area contributed by atoms with Crippen molar-refractivity contribution in [1.29, 1.82) is 0 Å². The molecule has 0 aromatic heterocycles. The molecule has 3 heteroatoms. The van der Waals surface area contributed by atoms with E-state index in [0.717, 1.165) is 12.8 Å². The van der Waals surface area contributed by atoms with Crippen LogP contribution in [0.4, 0.5) is 0 Å². The fourth-order valence-electron chi connectivity index (χ4n) is 1.34. The molecule has 1 rings (SSSR count). The Bertz CT molecular complexity index is 175. The van der Waals surface area contributed by atoms with Crippen molar-refractivity contribution in [3.63, 3.8) is 0 Å². The maximum Gasteiger partial charge on any atom is 0.320 e. The lowest BCUT2D eigenvalue weighted by Gasteiger charge is -2.09. The molecule has 3 nitrogen and oxygen atoms in total. The van der Waals surface area contributed by atoms with Crippen LogP contribution in [0, 0.1) is 5.41 Å². The number of hydrogen-bond donors (Lipinski definition) is 2. The summed E-state index contributed by atoms with van der Waals surface area (Å²) in [5.41, 5.74) is 5.89. The van der Waals surface area contributed by atoms with Gasteiger partial charge in [-0.3, -0.25) is 4.79 Å². The van der Waals surface area contributed by atoms with Crippen molar-refractivity contribution in [2.45, 2.75) is 45.1 Å². The van der Waals surface area contributed by atoms with E-state index in [9.17, 15) is 4.79 Å². The number of carboxylic acid groups (broad SMARTS) is 1. The highest BCUT2D eigenvalue weighted by atomic mass is 16.4. The third kappa shape index (κ3) is 2.81. The van der Waals surface area contributed by atoms with Gasteiger partial charge in [0.15, 0.2) is 0 Å². The lowest BCUT2D eigenvalue weighted by atomic mass is 10.00. The molecule has 0 saturated heterocycles. The molecule has 0 spiro atoms. The Morgan fingerprint density at radius 2 is 2.25 bits per heavy atom. The predicted octanol–water partition coefficient (Wildman–Crippen LogP) is 1.37. The van der Waals surface area contributed by atoms with Crippen molar-refractivity contribution in [3.05, 3.63) is 0 Å². The van der Waals surface area contributed by atoms with E-state index in [4.69, 9.17) is 10.8 Å². The van der Waals surface area contributed by atoms with Gasteiger partial charge in [0.05, 0.1) is 0 Å². The van der Waals surface area contributed by atoms with E-state index in [0.29, 0.717) is 11.8 Å². The van der Waals surface area contributed by atoms with Crippen molar-refractivity contribution >= 4 is 5.97 Å². The van der Waals surface area contributed by atoms with Crippen molar-refractivity contribution in [2.24, 2.45) is 11.1 Å². The van der Waals surface area contributed by atoms with E-state index in [1.54, 1.807) is 0 Å². The van der Waals surface area contributed by atoms with Gasteiger partial charge >= 0.3 is 5.97 Å². The zero-order valence-electron chi connectivity index (χ0n) is 7.55. The third-order valence-corrected chi connectivity index (χ3v) is 2.72. The average Bonchev–Trinajstić information content (AvgIpc) is 2.68. The van der Waals surface area contributed by atoms with Crippen LogP contribution < -0.4 is 5.73 Å². The summed E-state index contributed by atoms with van der Waals surface area (Å²) in [7, 11) is 0. The predicted molar refractivity (Wildman–Crippen MR) is 46.8 cm³/mol. The Kier molecular flexibility index (Phi) is 2.73. The van der Waals surface area contributed by atoms with Crippen LogP contribution in [-0.4, -0.2) is 17.1 Å². The quantitative estimate of drug-likeness (QED) is 0.656. The van der Waals surface area contributed by atoms with Crippen molar-refractivity contribution < 1.29 is 9.90 Å². The highest BCUT2D eigenvalue weighted by Gasteiger charge is 2.36. The van der Waals surface area contributed by atoms with E-state index in [1.165, 1.54) is 12.8 Å². The van der Waals surface area contributed by atoms with Gasteiger partial charge in [-0.15, -0.1) is 0 Å². The van der Waals surface area contributed by atoms with Crippen molar-refractivity contribution in [1.82, 2.24) is 0 Å². The van der Waals surface area contributed by atoms with Crippen LogP contribution >= 0.6 is 0 Å². The number of carboxylic acids is 1. The molecule has 1 atom stereocenters. The van der Waals surface area contributed by atoms with Crippen molar-refractivity contribution in [2.75, 3.05) is 0 Å². The normalized spacial score (nSPS) is 21.8. The van der Waals surface area contributed by atoms with Gasteiger partial charge in [-0.1, -0.05) is 13.3 Å². The van der Waals surface area contributed by atoms with E-state index < -0.39 is 12.0 Å². The number of rotatable bonds is 5. The van der Waals surface area contributed by atoms with E-state index in [2.05, 4.69) is 6.92 Å². The van der Waals surface area contributed by atoms with Crippen LogP contribution in [0.2, 0.25) is 0 Å². The van der Waals surface area contributed by atoms with Crippen LogP contribution in [0.5, 0.6) is 0 Å². The second-order valence-electron chi connectivity index (χ2n) is 4.15. The van der Waals surface area contributed by atoms with E-state index >= 15 is 0 Å². The summed E-state index contributed by atoms with van der Waals surface area (Å²) in [6.07, 6.45) is 5.30. The molecule has 0 aromatic carbocycles. The van der Waals surface area contributed by atoms with Gasteiger partial charge in [-0.25, -0.2) is 0 Å². The summed E-state index contributed by atoms with van der Waals surface area (Å²) in [6, 6.07) is -0.660. The molecule has 0 amide bonds. The Labute approximate surface area is 72.9 Å². The Morgan fingerprint density at radius 3 is 2.67 bits per heavy atom. The summed E-state index contributed by atoms with van der Waals surface area (Å²) in [4.78, 5) is 10.3.